The number of hydrogen-bond donors (Lipinski definition) is 7. The summed E-state index contributed by atoms with van der Waals surface area (Å²) in [5, 5.41) is 48.5. The molecule has 2 amide bonds. The van der Waals surface area contributed by atoms with Crippen LogP contribution in [0.4, 0.5) is 4.79 Å². The van der Waals surface area contributed by atoms with Crippen molar-refractivity contribution in [2.24, 2.45) is 5.92 Å². The third kappa shape index (κ3) is 8.37. The molecule has 0 bridgehead atoms. The van der Waals surface area contributed by atoms with Crippen molar-refractivity contribution in [2.75, 3.05) is 26.2 Å². The number of amides is 2. The number of nitrogens with one attached hydrogen (secondary N) is 3. The van der Waals surface area contributed by atoms with Crippen LogP contribution in [0.2, 0.25) is 0 Å². The molecule has 14 heteroatoms. The van der Waals surface area contributed by atoms with E-state index in [9.17, 15) is 34.8 Å². The van der Waals surface area contributed by atoms with Crippen molar-refractivity contribution in [3.05, 3.63) is 116 Å². The number of carboxylic acid groups (broad SMARTS) is 1. The van der Waals surface area contributed by atoms with Crippen LogP contribution in [0, 0.1) is 5.92 Å². The Labute approximate surface area is 304 Å². The van der Waals surface area contributed by atoms with E-state index in [0.717, 1.165) is 54.6 Å². The summed E-state index contributed by atoms with van der Waals surface area (Å²) in [5.41, 5.74) is 1.48. The average Bonchev–Trinajstić information content (AvgIpc) is 3.81. The Morgan fingerprint density at radius 2 is 1.79 bits per heavy atom. The molecule has 7 N–H and O–H groups in total. The highest BCUT2D eigenvalue weighted by Crippen LogP contribution is 2.43. The van der Waals surface area contributed by atoms with Crippen LogP contribution in [0.25, 0.3) is 10.2 Å². The number of carbonyl (C=O) groups excluding carboxylic acids is 1. The molecule has 1 aliphatic rings. The fraction of sp³-hybridized carbons (Fsp3) is 0.368. The molecule has 0 unspecified atom stereocenters. The Bertz CT molecular complexity index is 2020. The number of aromatic amines is 1. The Balaban J connectivity index is 0.970. The van der Waals surface area contributed by atoms with Gasteiger partial charge in [-0.2, -0.15) is 0 Å². The first kappa shape index (κ1) is 36.8. The highest BCUT2D eigenvalue weighted by molar-refractivity contribution is 7.16. The number of aliphatic hydroxyl groups is 2. The van der Waals surface area contributed by atoms with Crippen LogP contribution in [0.15, 0.2) is 82.1 Å². The number of hydrogen-bond acceptors (Lipinski definition) is 10. The van der Waals surface area contributed by atoms with Gasteiger partial charge in [0.05, 0.1) is 17.0 Å². The van der Waals surface area contributed by atoms with Crippen molar-refractivity contribution in [1.29, 1.82) is 0 Å². The summed E-state index contributed by atoms with van der Waals surface area (Å²) in [5.74, 6) is 0.260. The van der Waals surface area contributed by atoms with Crippen molar-refractivity contribution in [1.82, 2.24) is 25.5 Å². The van der Waals surface area contributed by atoms with Gasteiger partial charge < -0.3 is 45.4 Å². The summed E-state index contributed by atoms with van der Waals surface area (Å²) in [6.07, 6.45) is 4.68. The highest BCUT2D eigenvalue weighted by atomic mass is 32.1. The summed E-state index contributed by atoms with van der Waals surface area (Å²) >= 11 is 0.928. The summed E-state index contributed by atoms with van der Waals surface area (Å²) < 4.78 is 6.59. The molecule has 1 aliphatic carbocycles. The molecule has 3 aromatic carbocycles. The molecule has 0 spiro atoms. The minimum Gasteiger partial charge on any atom is -0.506 e. The lowest BCUT2D eigenvalue weighted by Crippen LogP contribution is -2.39. The predicted molar refractivity (Wildman–Crippen MR) is 195 cm³/mol. The molecule has 5 aromatic rings. The third-order valence-electron chi connectivity index (χ3n) is 9.69. The van der Waals surface area contributed by atoms with Gasteiger partial charge in [-0.3, -0.25) is 9.59 Å². The zero-order chi connectivity index (χ0) is 36.7. The number of nitrogens with zero attached hydrogens (tertiary/aromatic N) is 2. The van der Waals surface area contributed by atoms with Crippen LogP contribution in [-0.4, -0.2) is 73.5 Å². The molecule has 2 aromatic heterocycles. The number of benzene rings is 3. The molecular formula is C38H43N5O8S. The fourth-order valence-electron chi connectivity index (χ4n) is 6.84. The average molecular weight is 730 g/mol. The first-order chi connectivity index (χ1) is 25.1. The number of phenols is 1. The van der Waals surface area contributed by atoms with Crippen LogP contribution in [0.3, 0.4) is 0 Å². The third-order valence-corrected chi connectivity index (χ3v) is 10.6. The smallest absolute Gasteiger partial charge is 0.407 e. The van der Waals surface area contributed by atoms with E-state index in [2.05, 4.69) is 20.6 Å². The Hall–Kier alpha value is -5.02. The van der Waals surface area contributed by atoms with E-state index >= 15 is 0 Å². The number of oxazole rings is 1. The molecule has 6 rings (SSSR count). The van der Waals surface area contributed by atoms with Crippen molar-refractivity contribution < 1.29 is 34.4 Å². The Morgan fingerprint density at radius 3 is 2.52 bits per heavy atom. The largest absolute Gasteiger partial charge is 0.506 e. The predicted octanol–water partition coefficient (Wildman–Crippen LogP) is 4.88. The van der Waals surface area contributed by atoms with Gasteiger partial charge in [0.1, 0.15) is 17.0 Å². The number of aromatic hydroxyl groups is 1. The highest BCUT2D eigenvalue weighted by Gasteiger charge is 2.44. The van der Waals surface area contributed by atoms with E-state index in [-0.39, 0.29) is 60.9 Å². The van der Waals surface area contributed by atoms with Gasteiger partial charge >= 0.3 is 11.0 Å². The summed E-state index contributed by atoms with van der Waals surface area (Å²) in [4.78, 5) is 44.5. The van der Waals surface area contributed by atoms with E-state index < -0.39 is 17.8 Å². The van der Waals surface area contributed by atoms with Gasteiger partial charge in [-0.05, 0) is 42.2 Å². The van der Waals surface area contributed by atoms with Gasteiger partial charge in [0.15, 0.2) is 5.60 Å². The standard InChI is InChI=1S/C38H43N5O8S/c44-30-16-15-29(33-32(30)42-36(47)52-33)31(45)23-39-21-24-11-13-25(14-12-24)34(46)40-18-20-43(37(48)49)19-17-28-22-41-35(51-28)38(50,26-7-3-1-4-8-26)27-9-5-2-6-10-27/h1,3-4,7-8,11-16,22,27,31,39,44-45,50H,2,5-6,9-10,17-21,23H2,(H,40,46)(H,42,47)(H,48,49)/t31-,38-/m0/s1. The fourth-order valence-corrected chi connectivity index (χ4v) is 7.76. The van der Waals surface area contributed by atoms with E-state index in [1.54, 1.807) is 36.5 Å². The summed E-state index contributed by atoms with van der Waals surface area (Å²) in [6, 6.07) is 19.4. The molecule has 13 nitrogen and oxygen atoms in total. The van der Waals surface area contributed by atoms with E-state index in [0.29, 0.717) is 33.6 Å². The van der Waals surface area contributed by atoms with Gasteiger partial charge in [0, 0.05) is 56.2 Å². The molecule has 0 aliphatic heterocycles. The molecule has 0 saturated heterocycles. The lowest BCUT2D eigenvalue weighted by atomic mass is 9.73. The van der Waals surface area contributed by atoms with Crippen LogP contribution >= 0.6 is 11.3 Å². The van der Waals surface area contributed by atoms with Crippen molar-refractivity contribution in [2.45, 2.75) is 56.8 Å². The summed E-state index contributed by atoms with van der Waals surface area (Å²) in [6.45, 7) is 0.893. The van der Waals surface area contributed by atoms with Gasteiger partial charge in [-0.25, -0.2) is 9.78 Å². The molecule has 274 valence electrons. The number of aliphatic hydroxyl groups excluding tert-OH is 1. The molecule has 1 fully saturated rings. The lowest BCUT2D eigenvalue weighted by molar-refractivity contribution is -0.0239. The van der Waals surface area contributed by atoms with Crippen molar-refractivity contribution in [3.63, 3.8) is 0 Å². The van der Waals surface area contributed by atoms with Gasteiger partial charge in [0.2, 0.25) is 5.89 Å². The maximum atomic E-state index is 12.8. The second-order valence-corrected chi connectivity index (χ2v) is 14.1. The molecule has 2 atom stereocenters. The van der Waals surface area contributed by atoms with E-state index in [4.69, 9.17) is 4.42 Å². The molecule has 52 heavy (non-hydrogen) atoms. The zero-order valence-electron chi connectivity index (χ0n) is 28.6. The Morgan fingerprint density at radius 1 is 1.04 bits per heavy atom. The normalized spacial score (nSPS) is 15.3. The summed E-state index contributed by atoms with van der Waals surface area (Å²) in [7, 11) is 0. The van der Waals surface area contributed by atoms with E-state index in [1.807, 2.05) is 30.3 Å². The number of H-pyrrole nitrogens is 1. The number of fused-ring (bicyclic) bond motifs is 1. The number of carbonyl (C=O) groups is 2. The first-order valence-electron chi connectivity index (χ1n) is 17.4. The molecule has 1 saturated carbocycles. The van der Waals surface area contributed by atoms with Gasteiger partial charge in [-0.15, -0.1) is 0 Å². The lowest BCUT2D eigenvalue weighted by Gasteiger charge is -2.36. The molecule has 0 radical (unpaired) electrons. The van der Waals surface area contributed by atoms with Crippen LogP contribution in [0.5, 0.6) is 5.75 Å². The molecular weight excluding hydrogens is 687 g/mol. The van der Waals surface area contributed by atoms with Crippen LogP contribution < -0.4 is 15.5 Å². The zero-order valence-corrected chi connectivity index (χ0v) is 29.4. The molecule has 2 heterocycles. The number of thiazole rings is 1. The second-order valence-electron chi connectivity index (χ2n) is 13.1. The maximum absolute atomic E-state index is 12.8. The quantitative estimate of drug-likeness (QED) is 0.0779. The minimum atomic E-state index is -1.37. The number of phenolic OH excluding ortho intramolecular Hbond substituents is 1. The number of rotatable bonds is 15. The SMILES string of the molecule is O=C(NCCN(CCc1cnc([C@](O)(c2ccccc2)C2CCCCC2)o1)C(=O)O)c1ccc(CNC[C@H](O)c2ccc(O)c3[nH]c(=O)sc23)cc1. The number of aromatic nitrogens is 2. The topological polar surface area (TPSA) is 201 Å². The maximum Gasteiger partial charge on any atom is 0.407 e. The first-order valence-corrected chi connectivity index (χ1v) is 18.3. The Kier molecular flexibility index (Phi) is 11.7. The van der Waals surface area contributed by atoms with Gasteiger partial charge in [0.25, 0.3) is 5.91 Å². The minimum absolute atomic E-state index is 0.0357. The van der Waals surface area contributed by atoms with Crippen LogP contribution in [0.1, 0.15) is 76.9 Å². The van der Waals surface area contributed by atoms with E-state index in [1.165, 1.54) is 11.0 Å². The van der Waals surface area contributed by atoms with Crippen molar-refractivity contribution in [3.8, 4) is 5.75 Å². The van der Waals surface area contributed by atoms with Gasteiger partial charge in [-0.1, -0.05) is 79.1 Å². The second kappa shape index (κ2) is 16.5. The monoisotopic (exact) mass is 729 g/mol. The van der Waals surface area contributed by atoms with Crippen LogP contribution in [-0.2, 0) is 18.6 Å². The van der Waals surface area contributed by atoms with Crippen molar-refractivity contribution >= 4 is 33.6 Å².